The fourth-order valence-corrected chi connectivity index (χ4v) is 1.56. The van der Waals surface area contributed by atoms with Crippen LogP contribution in [-0.4, -0.2) is 29.9 Å². The molecule has 1 heterocycles. The maximum Gasteiger partial charge on any atom is 0.404 e. The van der Waals surface area contributed by atoms with Crippen molar-refractivity contribution in [1.82, 2.24) is 10.6 Å². The second-order valence-corrected chi connectivity index (χ2v) is 3.59. The van der Waals surface area contributed by atoms with Crippen molar-refractivity contribution >= 4 is 17.7 Å². The average Bonchev–Trinajstić information content (AvgIpc) is 2.01. The zero-order chi connectivity index (χ0) is 10.1. The normalized spacial score (nSPS) is 30.0. The van der Waals surface area contributed by atoms with Crippen molar-refractivity contribution in [3.8, 4) is 0 Å². The maximum absolute atomic E-state index is 12.2. The third-order valence-corrected chi connectivity index (χ3v) is 2.39. The van der Waals surface area contributed by atoms with Crippen molar-refractivity contribution < 1.29 is 18.0 Å². The Balaban J connectivity index is 2.62. The van der Waals surface area contributed by atoms with Gasteiger partial charge in [0.25, 0.3) is 0 Å². The van der Waals surface area contributed by atoms with Gasteiger partial charge in [0.1, 0.15) is 11.5 Å². The van der Waals surface area contributed by atoms with Gasteiger partial charge >= 0.3 is 6.18 Å². The first-order valence-electron chi connectivity index (χ1n) is 3.58. The summed E-state index contributed by atoms with van der Waals surface area (Å²) in [6.07, 6.45) is -3.27. The third-order valence-electron chi connectivity index (χ3n) is 1.66. The molecule has 1 amide bonds. The first-order chi connectivity index (χ1) is 5.93. The summed E-state index contributed by atoms with van der Waals surface area (Å²) in [6, 6.07) is -1.72. The Morgan fingerprint density at radius 1 is 1.54 bits per heavy atom. The van der Waals surface area contributed by atoms with Gasteiger partial charge in [-0.2, -0.15) is 13.2 Å². The Kier molecular flexibility index (Phi) is 3.07. The van der Waals surface area contributed by atoms with E-state index in [-0.39, 0.29) is 0 Å². The maximum atomic E-state index is 12.2. The van der Waals surface area contributed by atoms with Gasteiger partial charge in [-0.15, -0.1) is 11.8 Å². The molecule has 1 fully saturated rings. The number of halogens is 3. The molecule has 0 bridgehead atoms. The van der Waals surface area contributed by atoms with E-state index < -0.39 is 30.0 Å². The third kappa shape index (κ3) is 2.77. The number of hydrogen-bond donors (Lipinski definition) is 2. The van der Waals surface area contributed by atoms with E-state index in [9.17, 15) is 18.0 Å². The van der Waals surface area contributed by atoms with Gasteiger partial charge < -0.3 is 5.32 Å². The average molecular weight is 214 g/mol. The lowest BCUT2D eigenvalue weighted by Crippen LogP contribution is -2.59. The summed E-state index contributed by atoms with van der Waals surface area (Å²) in [5, 5.41) is 4.66. The van der Waals surface area contributed by atoms with Crippen LogP contribution in [0.25, 0.3) is 0 Å². The summed E-state index contributed by atoms with van der Waals surface area (Å²) in [6.45, 7) is 0. The van der Waals surface area contributed by atoms with Gasteiger partial charge in [0.15, 0.2) is 0 Å². The van der Waals surface area contributed by atoms with Crippen LogP contribution in [0.1, 0.15) is 6.42 Å². The summed E-state index contributed by atoms with van der Waals surface area (Å²) in [7, 11) is 0. The Morgan fingerprint density at radius 3 is 2.62 bits per heavy atom. The number of alkyl halides is 3. The molecular formula is C6H9F3N2OS. The molecule has 0 spiro atoms. The Bertz CT molecular complexity index is 209. The van der Waals surface area contributed by atoms with Crippen LogP contribution in [0.2, 0.25) is 0 Å². The molecule has 1 aliphatic heterocycles. The van der Waals surface area contributed by atoms with Gasteiger partial charge in [-0.05, 0) is 6.26 Å². The highest BCUT2D eigenvalue weighted by molar-refractivity contribution is 7.99. The van der Waals surface area contributed by atoms with Gasteiger partial charge in [-0.1, -0.05) is 0 Å². The van der Waals surface area contributed by atoms with Gasteiger partial charge in [0.05, 0.1) is 6.42 Å². The molecule has 0 saturated carbocycles. The van der Waals surface area contributed by atoms with Crippen molar-refractivity contribution in [2.75, 3.05) is 6.26 Å². The summed E-state index contributed by atoms with van der Waals surface area (Å²) in [4.78, 5) is 10.8. The lowest BCUT2D eigenvalue weighted by molar-refractivity contribution is -0.167. The molecule has 0 aromatic rings. The van der Waals surface area contributed by atoms with Crippen molar-refractivity contribution in [2.24, 2.45) is 0 Å². The van der Waals surface area contributed by atoms with E-state index in [2.05, 4.69) is 10.6 Å². The molecule has 2 N–H and O–H groups in total. The number of thioether (sulfide) groups is 1. The minimum Gasteiger partial charge on any atom is -0.332 e. The van der Waals surface area contributed by atoms with E-state index in [1.54, 1.807) is 6.26 Å². The summed E-state index contributed by atoms with van der Waals surface area (Å²) in [5.74, 6) is -0.569. The molecule has 1 aliphatic rings. The van der Waals surface area contributed by atoms with E-state index >= 15 is 0 Å². The lowest BCUT2D eigenvalue weighted by atomic mass is 10.1. The molecule has 0 aromatic heterocycles. The number of carbonyl (C=O) groups excluding carboxylic acids is 1. The molecular weight excluding hydrogens is 205 g/mol. The molecule has 3 nitrogen and oxygen atoms in total. The summed E-state index contributed by atoms with van der Waals surface area (Å²) < 4.78 is 36.5. The van der Waals surface area contributed by atoms with Crippen molar-refractivity contribution in [2.45, 2.75) is 24.1 Å². The van der Waals surface area contributed by atoms with Crippen LogP contribution in [0, 0.1) is 0 Å². The number of nitrogens with one attached hydrogen (secondary N) is 2. The predicted octanol–water partition coefficient (Wildman–Crippen LogP) is 0.673. The second kappa shape index (κ2) is 3.75. The molecule has 76 valence electrons. The fraction of sp³-hybridized carbons (Fsp3) is 0.833. The highest BCUT2D eigenvalue weighted by Crippen LogP contribution is 2.25. The molecule has 2 unspecified atom stereocenters. The van der Waals surface area contributed by atoms with Crippen molar-refractivity contribution in [1.29, 1.82) is 0 Å². The SMILES string of the molecule is CSC1NC(=O)CC(C(F)(F)F)N1. The monoisotopic (exact) mass is 214 g/mol. The molecule has 1 rings (SSSR count). The second-order valence-electron chi connectivity index (χ2n) is 2.65. The number of hydrogen-bond acceptors (Lipinski definition) is 3. The van der Waals surface area contributed by atoms with Crippen molar-refractivity contribution in [3.05, 3.63) is 0 Å². The van der Waals surface area contributed by atoms with Crippen molar-refractivity contribution in [3.63, 3.8) is 0 Å². The Hall–Kier alpha value is -0.430. The fourth-order valence-electron chi connectivity index (χ4n) is 1.01. The topological polar surface area (TPSA) is 41.1 Å². The van der Waals surface area contributed by atoms with Crippen LogP contribution in [-0.2, 0) is 4.79 Å². The first kappa shape index (κ1) is 10.6. The Morgan fingerprint density at radius 2 is 2.15 bits per heavy atom. The quantitative estimate of drug-likeness (QED) is 0.674. The van der Waals surface area contributed by atoms with Crippen LogP contribution in [0.5, 0.6) is 0 Å². The zero-order valence-corrected chi connectivity index (χ0v) is 7.63. The van der Waals surface area contributed by atoms with E-state index in [1.807, 2.05) is 0 Å². The Labute approximate surface area is 77.4 Å². The lowest BCUT2D eigenvalue weighted by Gasteiger charge is -2.31. The molecule has 1 saturated heterocycles. The molecule has 13 heavy (non-hydrogen) atoms. The smallest absolute Gasteiger partial charge is 0.332 e. The van der Waals surface area contributed by atoms with Crippen LogP contribution in [0.3, 0.4) is 0 Å². The predicted molar refractivity (Wildman–Crippen MR) is 43.0 cm³/mol. The van der Waals surface area contributed by atoms with Crippen LogP contribution in [0.4, 0.5) is 13.2 Å². The van der Waals surface area contributed by atoms with Gasteiger partial charge in [0, 0.05) is 0 Å². The van der Waals surface area contributed by atoms with E-state index in [0.717, 1.165) is 11.8 Å². The highest BCUT2D eigenvalue weighted by Gasteiger charge is 2.44. The minimum absolute atomic E-state index is 0.541. The molecule has 7 heteroatoms. The minimum atomic E-state index is -4.36. The number of rotatable bonds is 1. The van der Waals surface area contributed by atoms with E-state index in [1.165, 1.54) is 0 Å². The number of carbonyl (C=O) groups is 1. The van der Waals surface area contributed by atoms with Gasteiger partial charge in [-0.3, -0.25) is 10.1 Å². The number of amides is 1. The van der Waals surface area contributed by atoms with Crippen LogP contribution >= 0.6 is 11.8 Å². The standard InChI is InChI=1S/C6H9F3N2OS/c1-13-5-10-3(6(7,8)9)2-4(12)11-5/h3,5,10H,2H2,1H3,(H,11,12). The van der Waals surface area contributed by atoms with Gasteiger partial charge in [-0.25, -0.2) is 0 Å². The van der Waals surface area contributed by atoms with Gasteiger partial charge in [0.2, 0.25) is 5.91 Å². The molecule has 0 aromatic carbocycles. The largest absolute Gasteiger partial charge is 0.404 e. The molecule has 2 atom stereocenters. The summed E-state index contributed by atoms with van der Waals surface area (Å²) in [5.41, 5.74) is -0.645. The zero-order valence-electron chi connectivity index (χ0n) is 6.81. The summed E-state index contributed by atoms with van der Waals surface area (Å²) >= 11 is 1.13. The van der Waals surface area contributed by atoms with Crippen LogP contribution in [0.15, 0.2) is 0 Å². The first-order valence-corrected chi connectivity index (χ1v) is 4.87. The van der Waals surface area contributed by atoms with E-state index in [4.69, 9.17) is 0 Å². The van der Waals surface area contributed by atoms with E-state index in [0.29, 0.717) is 0 Å². The highest BCUT2D eigenvalue weighted by atomic mass is 32.2. The van der Waals surface area contributed by atoms with Crippen LogP contribution < -0.4 is 10.6 Å². The molecule has 0 aliphatic carbocycles. The molecule has 0 radical (unpaired) electrons.